The fraction of sp³-hybridized carbons (Fsp3) is 0.381. The maximum Gasteiger partial charge on any atom is 0.573 e. The molecule has 1 aromatic heterocycles. The number of hydrogen-bond acceptors (Lipinski definition) is 3. The summed E-state index contributed by atoms with van der Waals surface area (Å²) in [5.41, 5.74) is 2.64. The molecule has 1 saturated carbocycles. The molecule has 0 saturated heterocycles. The highest BCUT2D eigenvalue weighted by atomic mass is 19.4. The van der Waals surface area contributed by atoms with Crippen LogP contribution in [0.5, 0.6) is 5.75 Å². The van der Waals surface area contributed by atoms with E-state index < -0.39 is 6.36 Å². The Hall–Kier alpha value is -2.70. The highest BCUT2D eigenvalue weighted by Crippen LogP contribution is 2.37. The Morgan fingerprint density at radius 1 is 1.07 bits per heavy atom. The number of alkyl halides is 3. The van der Waals surface area contributed by atoms with Gasteiger partial charge in [-0.2, -0.15) is 0 Å². The lowest BCUT2D eigenvalue weighted by atomic mass is 9.87. The number of benzene rings is 2. The Kier molecular flexibility index (Phi) is 4.91. The van der Waals surface area contributed by atoms with Crippen LogP contribution in [0.15, 0.2) is 48.5 Å². The number of anilines is 2. The smallest absolute Gasteiger partial charge is 0.406 e. The molecule has 1 aliphatic carbocycles. The van der Waals surface area contributed by atoms with Crippen LogP contribution in [-0.4, -0.2) is 15.9 Å². The molecule has 3 aromatic rings. The van der Waals surface area contributed by atoms with Crippen LogP contribution in [-0.2, 0) is 0 Å². The van der Waals surface area contributed by atoms with E-state index in [2.05, 4.69) is 27.6 Å². The Morgan fingerprint density at radius 2 is 1.82 bits per heavy atom. The van der Waals surface area contributed by atoms with Gasteiger partial charge in [0.05, 0.1) is 11.0 Å². The van der Waals surface area contributed by atoms with E-state index in [1.165, 1.54) is 25.0 Å². The molecular formula is C21H22F3N3O. The molecule has 1 heterocycles. The zero-order chi connectivity index (χ0) is 19.7. The van der Waals surface area contributed by atoms with Crippen LogP contribution in [0, 0.1) is 5.92 Å². The predicted octanol–water partition coefficient (Wildman–Crippen LogP) is 6.43. The number of para-hydroxylation sites is 2. The molecule has 0 aliphatic heterocycles. The quantitative estimate of drug-likeness (QED) is 0.559. The molecule has 148 valence electrons. The molecule has 0 spiro atoms. The summed E-state index contributed by atoms with van der Waals surface area (Å²) in [7, 11) is 0. The first kappa shape index (κ1) is 18.7. The van der Waals surface area contributed by atoms with Crippen LogP contribution in [0.3, 0.4) is 0 Å². The van der Waals surface area contributed by atoms with E-state index in [4.69, 9.17) is 4.98 Å². The maximum atomic E-state index is 12.3. The Morgan fingerprint density at radius 3 is 2.54 bits per heavy atom. The van der Waals surface area contributed by atoms with E-state index in [1.807, 2.05) is 18.2 Å². The number of nitrogens with zero attached hydrogens (tertiary/aromatic N) is 2. The van der Waals surface area contributed by atoms with Crippen molar-refractivity contribution < 1.29 is 17.9 Å². The summed E-state index contributed by atoms with van der Waals surface area (Å²) < 4.78 is 43.2. The number of halogens is 3. The van der Waals surface area contributed by atoms with Crippen LogP contribution in [0.1, 0.15) is 38.6 Å². The van der Waals surface area contributed by atoms with Crippen LogP contribution in [0.25, 0.3) is 11.0 Å². The molecule has 7 heteroatoms. The lowest BCUT2D eigenvalue weighted by Crippen LogP contribution is -2.19. The van der Waals surface area contributed by atoms with E-state index in [1.54, 1.807) is 12.1 Å². The summed E-state index contributed by atoms with van der Waals surface area (Å²) in [6.45, 7) is 2.28. The summed E-state index contributed by atoms with van der Waals surface area (Å²) in [4.78, 5) is 4.73. The van der Waals surface area contributed by atoms with Gasteiger partial charge in [-0.15, -0.1) is 13.2 Å². The second kappa shape index (κ2) is 7.37. The first-order chi connectivity index (χ1) is 13.4. The van der Waals surface area contributed by atoms with Gasteiger partial charge in [-0.25, -0.2) is 4.98 Å². The van der Waals surface area contributed by atoms with Crippen LogP contribution in [0.2, 0.25) is 0 Å². The third-order valence-corrected chi connectivity index (χ3v) is 5.21. The van der Waals surface area contributed by atoms with E-state index in [-0.39, 0.29) is 5.75 Å². The molecule has 0 radical (unpaired) electrons. The second-order valence-electron chi connectivity index (χ2n) is 7.42. The number of ether oxygens (including phenoxy) is 1. The molecule has 1 N–H and O–H groups in total. The van der Waals surface area contributed by atoms with Gasteiger partial charge in [0.25, 0.3) is 0 Å². The lowest BCUT2D eigenvalue weighted by molar-refractivity contribution is -0.274. The van der Waals surface area contributed by atoms with E-state index in [9.17, 15) is 13.2 Å². The molecular weight excluding hydrogens is 367 g/mol. The topological polar surface area (TPSA) is 39.1 Å². The molecule has 0 amide bonds. The predicted molar refractivity (Wildman–Crippen MR) is 103 cm³/mol. The molecule has 0 bridgehead atoms. The van der Waals surface area contributed by atoms with Crippen molar-refractivity contribution in [2.45, 2.75) is 45.0 Å². The third kappa shape index (κ3) is 4.08. The largest absolute Gasteiger partial charge is 0.573 e. The number of imidazole rings is 1. The summed E-state index contributed by atoms with van der Waals surface area (Å²) >= 11 is 0. The van der Waals surface area contributed by atoms with Crippen LogP contribution in [0.4, 0.5) is 24.8 Å². The zero-order valence-corrected chi connectivity index (χ0v) is 15.5. The summed E-state index contributed by atoms with van der Waals surface area (Å²) in [5.74, 6) is 1.13. The molecule has 1 fully saturated rings. The van der Waals surface area contributed by atoms with Gasteiger partial charge in [0.2, 0.25) is 5.95 Å². The van der Waals surface area contributed by atoms with Crippen molar-refractivity contribution in [2.75, 3.05) is 5.32 Å². The van der Waals surface area contributed by atoms with Crippen molar-refractivity contribution in [1.29, 1.82) is 0 Å². The van der Waals surface area contributed by atoms with Gasteiger partial charge < -0.3 is 14.6 Å². The van der Waals surface area contributed by atoms with Gasteiger partial charge in [-0.1, -0.05) is 31.9 Å². The number of nitrogens with one attached hydrogen (secondary N) is 1. The Labute approximate surface area is 161 Å². The monoisotopic (exact) mass is 389 g/mol. The van der Waals surface area contributed by atoms with Gasteiger partial charge in [-0.3, -0.25) is 0 Å². The Balaban J connectivity index is 1.64. The van der Waals surface area contributed by atoms with Gasteiger partial charge >= 0.3 is 6.36 Å². The van der Waals surface area contributed by atoms with E-state index >= 15 is 0 Å². The van der Waals surface area contributed by atoms with Crippen molar-refractivity contribution >= 4 is 22.7 Å². The second-order valence-corrected chi connectivity index (χ2v) is 7.42. The molecule has 2 atom stereocenters. The first-order valence-electron chi connectivity index (χ1n) is 9.49. The maximum absolute atomic E-state index is 12.3. The van der Waals surface area contributed by atoms with Crippen LogP contribution >= 0.6 is 0 Å². The number of rotatable bonds is 4. The lowest BCUT2D eigenvalue weighted by Gasteiger charge is -2.29. The van der Waals surface area contributed by atoms with Gasteiger partial charge in [0, 0.05) is 11.7 Å². The molecule has 1 aliphatic rings. The standard InChI is InChI=1S/C21H22F3N3O/c1-14-5-4-6-16(13-14)27-19-8-3-2-7-18(19)26-20(27)25-15-9-11-17(12-10-15)28-21(22,23)24/h2-3,7-12,14,16H,4-6,13H2,1H3,(H,25,26)/t14-,16?/m1/s1. The average Bonchev–Trinajstić information content (AvgIpc) is 3.00. The number of fused-ring (bicyclic) bond motifs is 1. The highest BCUT2D eigenvalue weighted by molar-refractivity contribution is 5.80. The minimum absolute atomic E-state index is 0.243. The zero-order valence-electron chi connectivity index (χ0n) is 15.5. The molecule has 1 unspecified atom stereocenters. The Bertz CT molecular complexity index is 950. The number of hydrogen-bond donors (Lipinski definition) is 1. The summed E-state index contributed by atoms with van der Waals surface area (Å²) in [6.07, 6.45) is -0.0838. The SMILES string of the molecule is C[C@@H]1CCCC(n2c(Nc3ccc(OC(F)(F)F)cc3)nc3ccccc32)C1. The fourth-order valence-corrected chi connectivity index (χ4v) is 4.01. The van der Waals surface area contributed by atoms with Gasteiger partial charge in [-0.05, 0) is 55.2 Å². The third-order valence-electron chi connectivity index (χ3n) is 5.21. The van der Waals surface area contributed by atoms with Crippen molar-refractivity contribution in [3.8, 4) is 5.75 Å². The number of aromatic nitrogens is 2. The summed E-state index contributed by atoms with van der Waals surface area (Å²) in [6, 6.07) is 14.1. The highest BCUT2D eigenvalue weighted by Gasteiger charge is 2.31. The molecule has 4 nitrogen and oxygen atoms in total. The van der Waals surface area contributed by atoms with E-state index in [0.29, 0.717) is 23.6 Å². The first-order valence-corrected chi connectivity index (χ1v) is 9.49. The fourth-order valence-electron chi connectivity index (χ4n) is 4.01. The molecule has 4 rings (SSSR count). The molecule has 2 aromatic carbocycles. The van der Waals surface area contributed by atoms with Gasteiger partial charge in [0.1, 0.15) is 5.75 Å². The van der Waals surface area contributed by atoms with E-state index in [0.717, 1.165) is 23.9 Å². The van der Waals surface area contributed by atoms with Crippen LogP contribution < -0.4 is 10.1 Å². The van der Waals surface area contributed by atoms with Crippen molar-refractivity contribution in [3.05, 3.63) is 48.5 Å². The normalized spacial score (nSPS) is 20.3. The minimum atomic E-state index is -4.69. The minimum Gasteiger partial charge on any atom is -0.406 e. The van der Waals surface area contributed by atoms with Crippen molar-refractivity contribution in [3.63, 3.8) is 0 Å². The van der Waals surface area contributed by atoms with Crippen molar-refractivity contribution in [1.82, 2.24) is 9.55 Å². The van der Waals surface area contributed by atoms with Crippen molar-refractivity contribution in [2.24, 2.45) is 5.92 Å². The summed E-state index contributed by atoms with van der Waals surface area (Å²) in [5, 5.41) is 3.28. The van der Waals surface area contributed by atoms with Gasteiger partial charge in [0.15, 0.2) is 0 Å². The molecule has 28 heavy (non-hydrogen) atoms. The average molecular weight is 389 g/mol.